The lowest BCUT2D eigenvalue weighted by atomic mass is 10.3. The maximum absolute atomic E-state index is 11.1. The molecule has 0 aromatic carbocycles. The summed E-state index contributed by atoms with van der Waals surface area (Å²) in [6, 6.07) is 0. The van der Waals surface area contributed by atoms with Crippen molar-refractivity contribution in [3.8, 4) is 0 Å². The molecule has 2 N–H and O–H groups in total. The Bertz CT molecular complexity index is 177. The standard InChI is InChI=1S/C12H26N2O3/c1-3-4-8-14-12(15)17-11-6-10-16-9-5-7-13-2/h13H,3-11H2,1-2H3,(H,14,15). The molecular weight excluding hydrogens is 220 g/mol. The molecule has 0 aliphatic rings. The molecule has 0 fully saturated rings. The molecule has 0 rings (SSSR count). The number of amides is 1. The average molecular weight is 246 g/mol. The van der Waals surface area contributed by atoms with Gasteiger partial charge >= 0.3 is 6.09 Å². The number of alkyl carbamates (subject to hydrolysis) is 1. The number of unbranched alkanes of at least 4 members (excludes halogenated alkanes) is 1. The lowest BCUT2D eigenvalue weighted by Crippen LogP contribution is -2.25. The molecule has 0 spiro atoms. The average Bonchev–Trinajstić information content (AvgIpc) is 2.33. The van der Waals surface area contributed by atoms with E-state index in [0.29, 0.717) is 19.8 Å². The Morgan fingerprint density at radius 2 is 1.82 bits per heavy atom. The van der Waals surface area contributed by atoms with E-state index in [-0.39, 0.29) is 6.09 Å². The number of nitrogens with one attached hydrogen (secondary N) is 2. The van der Waals surface area contributed by atoms with E-state index < -0.39 is 0 Å². The molecule has 5 heteroatoms. The molecule has 0 unspecified atom stereocenters. The third kappa shape index (κ3) is 13.1. The fraction of sp³-hybridized carbons (Fsp3) is 0.917. The summed E-state index contributed by atoms with van der Waals surface area (Å²) in [6.07, 6.45) is 3.49. The van der Waals surface area contributed by atoms with Gasteiger partial charge in [-0.3, -0.25) is 0 Å². The zero-order valence-electron chi connectivity index (χ0n) is 11.1. The Morgan fingerprint density at radius 1 is 1.06 bits per heavy atom. The van der Waals surface area contributed by atoms with Crippen LogP contribution in [0.25, 0.3) is 0 Å². The zero-order valence-corrected chi connectivity index (χ0v) is 11.1. The number of carbonyl (C=O) groups excluding carboxylic acids is 1. The van der Waals surface area contributed by atoms with Gasteiger partial charge in [0, 0.05) is 26.2 Å². The van der Waals surface area contributed by atoms with Crippen LogP contribution in [0.4, 0.5) is 4.79 Å². The molecule has 0 saturated heterocycles. The number of ether oxygens (including phenoxy) is 2. The van der Waals surface area contributed by atoms with Crippen molar-refractivity contribution in [1.82, 2.24) is 10.6 Å². The minimum absolute atomic E-state index is 0.325. The van der Waals surface area contributed by atoms with Crippen LogP contribution in [0.5, 0.6) is 0 Å². The topological polar surface area (TPSA) is 59.6 Å². The first-order valence-corrected chi connectivity index (χ1v) is 6.44. The molecule has 0 aromatic rings. The van der Waals surface area contributed by atoms with Gasteiger partial charge in [-0.2, -0.15) is 0 Å². The molecule has 0 aliphatic heterocycles. The molecule has 0 atom stereocenters. The number of hydrogen-bond acceptors (Lipinski definition) is 4. The molecule has 102 valence electrons. The molecule has 17 heavy (non-hydrogen) atoms. The van der Waals surface area contributed by atoms with Crippen molar-refractivity contribution in [3.05, 3.63) is 0 Å². The van der Waals surface area contributed by atoms with Crippen LogP contribution >= 0.6 is 0 Å². The second-order valence-electron chi connectivity index (χ2n) is 3.84. The van der Waals surface area contributed by atoms with Crippen LogP contribution in [0.15, 0.2) is 0 Å². The predicted molar refractivity (Wildman–Crippen MR) is 68.2 cm³/mol. The summed E-state index contributed by atoms with van der Waals surface area (Å²) in [5.41, 5.74) is 0. The summed E-state index contributed by atoms with van der Waals surface area (Å²) >= 11 is 0. The first-order valence-electron chi connectivity index (χ1n) is 6.44. The Kier molecular flexibility index (Phi) is 12.6. The van der Waals surface area contributed by atoms with Crippen molar-refractivity contribution in [1.29, 1.82) is 0 Å². The second kappa shape index (κ2) is 13.3. The van der Waals surface area contributed by atoms with Gasteiger partial charge in [0.2, 0.25) is 0 Å². The summed E-state index contributed by atoms with van der Waals surface area (Å²) in [5.74, 6) is 0. The van der Waals surface area contributed by atoms with E-state index in [0.717, 1.165) is 38.8 Å². The lowest BCUT2D eigenvalue weighted by molar-refractivity contribution is 0.0996. The quantitative estimate of drug-likeness (QED) is 0.543. The lowest BCUT2D eigenvalue weighted by Gasteiger charge is -2.07. The van der Waals surface area contributed by atoms with Crippen molar-refractivity contribution < 1.29 is 14.3 Å². The van der Waals surface area contributed by atoms with E-state index >= 15 is 0 Å². The largest absolute Gasteiger partial charge is 0.449 e. The van der Waals surface area contributed by atoms with E-state index in [2.05, 4.69) is 17.6 Å². The van der Waals surface area contributed by atoms with Gasteiger partial charge in [0.1, 0.15) is 0 Å². The van der Waals surface area contributed by atoms with Crippen molar-refractivity contribution in [3.63, 3.8) is 0 Å². The van der Waals surface area contributed by atoms with Crippen LogP contribution in [-0.4, -0.2) is 46.1 Å². The highest BCUT2D eigenvalue weighted by Crippen LogP contribution is 1.89. The van der Waals surface area contributed by atoms with E-state index in [1.165, 1.54) is 0 Å². The van der Waals surface area contributed by atoms with Crippen LogP contribution < -0.4 is 10.6 Å². The van der Waals surface area contributed by atoms with Crippen molar-refractivity contribution in [2.45, 2.75) is 32.6 Å². The van der Waals surface area contributed by atoms with Gasteiger partial charge in [0.05, 0.1) is 6.61 Å². The number of hydrogen-bond donors (Lipinski definition) is 2. The fourth-order valence-corrected chi connectivity index (χ4v) is 1.20. The number of rotatable bonds is 11. The Balaban J connectivity index is 3.08. The summed E-state index contributed by atoms with van der Waals surface area (Å²) < 4.78 is 10.3. The van der Waals surface area contributed by atoms with Gasteiger partial charge in [0.25, 0.3) is 0 Å². The first-order chi connectivity index (χ1) is 8.31. The Morgan fingerprint density at radius 3 is 2.53 bits per heavy atom. The van der Waals surface area contributed by atoms with Crippen LogP contribution in [-0.2, 0) is 9.47 Å². The van der Waals surface area contributed by atoms with Gasteiger partial charge in [-0.15, -0.1) is 0 Å². The molecule has 0 saturated carbocycles. The van der Waals surface area contributed by atoms with Crippen LogP contribution in [0, 0.1) is 0 Å². The summed E-state index contributed by atoms with van der Waals surface area (Å²) in [6.45, 7) is 5.56. The summed E-state index contributed by atoms with van der Waals surface area (Å²) in [7, 11) is 1.92. The van der Waals surface area contributed by atoms with Gasteiger partial charge in [-0.25, -0.2) is 4.79 Å². The molecule has 0 radical (unpaired) electrons. The van der Waals surface area contributed by atoms with Crippen LogP contribution in [0.3, 0.4) is 0 Å². The summed E-state index contributed by atoms with van der Waals surface area (Å²) in [4.78, 5) is 11.1. The SMILES string of the molecule is CCCCNC(=O)OCCCOCCCNC. The number of carbonyl (C=O) groups is 1. The van der Waals surface area contributed by atoms with Gasteiger partial charge < -0.3 is 20.1 Å². The van der Waals surface area contributed by atoms with Crippen molar-refractivity contribution in [2.24, 2.45) is 0 Å². The van der Waals surface area contributed by atoms with Gasteiger partial charge in [-0.1, -0.05) is 13.3 Å². The minimum Gasteiger partial charge on any atom is -0.449 e. The molecule has 0 aliphatic carbocycles. The molecule has 0 heterocycles. The predicted octanol–water partition coefficient (Wildman–Crippen LogP) is 1.53. The Hall–Kier alpha value is -0.810. The second-order valence-corrected chi connectivity index (χ2v) is 3.84. The molecule has 1 amide bonds. The maximum Gasteiger partial charge on any atom is 0.407 e. The van der Waals surface area contributed by atoms with E-state index in [9.17, 15) is 4.79 Å². The molecule has 5 nitrogen and oxygen atoms in total. The third-order valence-corrected chi connectivity index (χ3v) is 2.18. The highest BCUT2D eigenvalue weighted by atomic mass is 16.5. The third-order valence-electron chi connectivity index (χ3n) is 2.18. The smallest absolute Gasteiger partial charge is 0.407 e. The van der Waals surface area contributed by atoms with Crippen molar-refractivity contribution in [2.75, 3.05) is 40.0 Å². The Labute approximate surface area is 104 Å². The fourth-order valence-electron chi connectivity index (χ4n) is 1.20. The molecule has 0 bridgehead atoms. The minimum atomic E-state index is -0.325. The monoisotopic (exact) mass is 246 g/mol. The molecule has 0 aromatic heterocycles. The highest BCUT2D eigenvalue weighted by molar-refractivity contribution is 5.66. The van der Waals surface area contributed by atoms with E-state index in [4.69, 9.17) is 9.47 Å². The van der Waals surface area contributed by atoms with Gasteiger partial charge in [0.15, 0.2) is 0 Å². The van der Waals surface area contributed by atoms with E-state index in [1.54, 1.807) is 0 Å². The van der Waals surface area contributed by atoms with Crippen LogP contribution in [0.1, 0.15) is 32.6 Å². The maximum atomic E-state index is 11.1. The zero-order chi connectivity index (χ0) is 12.8. The van der Waals surface area contributed by atoms with Crippen molar-refractivity contribution >= 4 is 6.09 Å². The summed E-state index contributed by atoms with van der Waals surface area (Å²) in [5, 5.41) is 5.74. The van der Waals surface area contributed by atoms with Crippen LogP contribution in [0.2, 0.25) is 0 Å². The van der Waals surface area contributed by atoms with E-state index in [1.807, 2.05) is 7.05 Å². The molecular formula is C12H26N2O3. The highest BCUT2D eigenvalue weighted by Gasteiger charge is 1.99. The first kappa shape index (κ1) is 16.2. The van der Waals surface area contributed by atoms with Gasteiger partial charge in [-0.05, 0) is 26.4 Å². The normalized spacial score (nSPS) is 10.2.